The van der Waals surface area contributed by atoms with Crippen molar-refractivity contribution >= 4 is 11.6 Å². The molecule has 134 valence electrons. The Morgan fingerprint density at radius 3 is 2.54 bits per heavy atom. The fourth-order valence-corrected chi connectivity index (χ4v) is 2.59. The van der Waals surface area contributed by atoms with Gasteiger partial charge in [-0.25, -0.2) is 4.68 Å². The van der Waals surface area contributed by atoms with Crippen LogP contribution in [0.5, 0.6) is 11.5 Å². The highest BCUT2D eigenvalue weighted by molar-refractivity contribution is 5.94. The second-order valence-electron chi connectivity index (χ2n) is 5.55. The Hall–Kier alpha value is -3.42. The van der Waals surface area contributed by atoms with Crippen molar-refractivity contribution in [3.05, 3.63) is 60.4 Å². The number of nitrogens with zero attached hydrogens (tertiary/aromatic N) is 4. The number of rotatable bonds is 7. The highest BCUT2D eigenvalue weighted by Crippen LogP contribution is 2.30. The van der Waals surface area contributed by atoms with Gasteiger partial charge >= 0.3 is 0 Å². The zero-order chi connectivity index (χ0) is 18.4. The number of aromatic nitrogens is 4. The van der Waals surface area contributed by atoms with Gasteiger partial charge in [-0.15, -0.1) is 5.10 Å². The molecule has 26 heavy (non-hydrogen) atoms. The highest BCUT2D eigenvalue weighted by atomic mass is 16.5. The maximum Gasteiger partial charge on any atom is 0.249 e. The first-order valence-electron chi connectivity index (χ1n) is 8.00. The predicted octanol–water partition coefficient (Wildman–Crippen LogP) is 2.11. The van der Waals surface area contributed by atoms with E-state index in [0.717, 1.165) is 5.56 Å². The van der Waals surface area contributed by atoms with E-state index in [-0.39, 0.29) is 5.91 Å². The number of hydrogen-bond donors (Lipinski definition) is 1. The third kappa shape index (κ3) is 3.97. The van der Waals surface area contributed by atoms with E-state index in [1.54, 1.807) is 32.4 Å². The molecule has 0 saturated carbocycles. The number of nitrogens with one attached hydrogen (secondary N) is 1. The molecule has 3 aromatic rings. The van der Waals surface area contributed by atoms with Crippen LogP contribution in [0.25, 0.3) is 0 Å². The van der Waals surface area contributed by atoms with Crippen LogP contribution in [0.3, 0.4) is 0 Å². The van der Waals surface area contributed by atoms with Gasteiger partial charge in [-0.1, -0.05) is 30.3 Å². The molecular weight excluding hydrogens is 334 g/mol. The van der Waals surface area contributed by atoms with Crippen molar-refractivity contribution in [3.63, 3.8) is 0 Å². The second kappa shape index (κ2) is 8.11. The number of ether oxygens (including phenoxy) is 2. The van der Waals surface area contributed by atoms with E-state index in [1.807, 2.05) is 30.3 Å². The van der Waals surface area contributed by atoms with Gasteiger partial charge in [-0.2, -0.15) is 0 Å². The summed E-state index contributed by atoms with van der Waals surface area (Å²) in [6.07, 6.45) is 1.90. The van der Waals surface area contributed by atoms with Gasteiger partial charge in [0.25, 0.3) is 0 Å². The van der Waals surface area contributed by atoms with Gasteiger partial charge in [0, 0.05) is 18.2 Å². The number of carbonyl (C=O) groups is 1. The summed E-state index contributed by atoms with van der Waals surface area (Å²) in [6, 6.07) is 14.3. The number of hydrogen-bond acceptors (Lipinski definition) is 6. The van der Waals surface area contributed by atoms with Gasteiger partial charge in [0.1, 0.15) is 12.4 Å². The van der Waals surface area contributed by atoms with Crippen molar-refractivity contribution in [1.82, 2.24) is 20.2 Å². The van der Waals surface area contributed by atoms with Gasteiger partial charge in [0.15, 0.2) is 11.5 Å². The Labute approximate surface area is 150 Å². The Balaban J connectivity index is 1.82. The molecule has 0 radical (unpaired) electrons. The second-order valence-corrected chi connectivity index (χ2v) is 5.55. The Kier molecular flexibility index (Phi) is 5.43. The van der Waals surface area contributed by atoms with Crippen molar-refractivity contribution in [3.8, 4) is 11.5 Å². The average Bonchev–Trinajstić information content (AvgIpc) is 3.21. The molecule has 1 heterocycles. The van der Waals surface area contributed by atoms with Crippen molar-refractivity contribution < 1.29 is 14.3 Å². The molecule has 0 fully saturated rings. The van der Waals surface area contributed by atoms with Gasteiger partial charge in [-0.05, 0) is 28.1 Å². The normalized spacial score (nSPS) is 11.6. The monoisotopic (exact) mass is 353 g/mol. The molecule has 1 aromatic heterocycles. The minimum Gasteiger partial charge on any atom is -0.493 e. The van der Waals surface area contributed by atoms with Crippen molar-refractivity contribution in [2.75, 3.05) is 19.5 Å². The summed E-state index contributed by atoms with van der Waals surface area (Å²) in [5.41, 5.74) is 1.61. The topological polar surface area (TPSA) is 91.2 Å². The molecule has 1 amide bonds. The van der Waals surface area contributed by atoms with Crippen LogP contribution in [0, 0.1) is 0 Å². The fraction of sp³-hybridized carbons (Fsp3) is 0.222. The molecule has 0 unspecified atom stereocenters. The van der Waals surface area contributed by atoms with E-state index < -0.39 is 6.04 Å². The number of amides is 1. The molecule has 1 N–H and O–H groups in total. The summed E-state index contributed by atoms with van der Waals surface area (Å²) in [6.45, 7) is 0. The Bertz CT molecular complexity index is 853. The van der Waals surface area contributed by atoms with Crippen molar-refractivity contribution in [2.45, 2.75) is 12.5 Å². The first kappa shape index (κ1) is 17.4. The average molecular weight is 353 g/mol. The summed E-state index contributed by atoms with van der Waals surface area (Å²) in [5.74, 6) is 0.896. The first-order valence-corrected chi connectivity index (χ1v) is 8.00. The van der Waals surface area contributed by atoms with Gasteiger partial charge < -0.3 is 14.8 Å². The number of carbonyl (C=O) groups excluding carboxylic acids is 1. The molecule has 0 saturated heterocycles. The van der Waals surface area contributed by atoms with E-state index in [0.29, 0.717) is 23.6 Å². The van der Waals surface area contributed by atoms with Gasteiger partial charge in [0.2, 0.25) is 5.91 Å². The number of anilines is 1. The maximum atomic E-state index is 12.9. The number of methoxy groups -OCH3 is 2. The number of tetrazole rings is 1. The SMILES string of the molecule is COc1ccc(NC(=O)[C@H](Cc2ccccc2)n2cnnn2)cc1OC. The van der Waals surface area contributed by atoms with Crippen LogP contribution in [0.15, 0.2) is 54.9 Å². The molecule has 1 atom stereocenters. The molecular formula is C18H19N5O3. The van der Waals surface area contributed by atoms with Crippen molar-refractivity contribution in [2.24, 2.45) is 0 Å². The lowest BCUT2D eigenvalue weighted by atomic mass is 10.1. The molecule has 3 rings (SSSR count). The molecule has 0 bridgehead atoms. The lowest BCUT2D eigenvalue weighted by Crippen LogP contribution is -2.28. The largest absolute Gasteiger partial charge is 0.493 e. The minimum absolute atomic E-state index is 0.228. The molecule has 0 spiro atoms. The summed E-state index contributed by atoms with van der Waals surface area (Å²) in [4.78, 5) is 12.9. The summed E-state index contributed by atoms with van der Waals surface area (Å²) in [5, 5.41) is 14.1. The fourth-order valence-electron chi connectivity index (χ4n) is 2.59. The van der Waals surface area contributed by atoms with Crippen molar-refractivity contribution in [1.29, 1.82) is 0 Å². The first-order chi connectivity index (χ1) is 12.7. The van der Waals surface area contributed by atoms with E-state index >= 15 is 0 Å². The molecule has 0 aliphatic carbocycles. The van der Waals surface area contributed by atoms with Crippen LogP contribution in [0.2, 0.25) is 0 Å². The van der Waals surface area contributed by atoms with E-state index in [1.165, 1.54) is 11.0 Å². The summed E-state index contributed by atoms with van der Waals surface area (Å²) >= 11 is 0. The smallest absolute Gasteiger partial charge is 0.249 e. The highest BCUT2D eigenvalue weighted by Gasteiger charge is 2.23. The third-order valence-corrected chi connectivity index (χ3v) is 3.91. The van der Waals surface area contributed by atoms with Crippen LogP contribution >= 0.6 is 0 Å². The minimum atomic E-state index is -0.583. The van der Waals surface area contributed by atoms with Crippen LogP contribution < -0.4 is 14.8 Å². The summed E-state index contributed by atoms with van der Waals surface area (Å²) < 4.78 is 11.9. The lowest BCUT2D eigenvalue weighted by molar-refractivity contribution is -0.119. The quantitative estimate of drug-likeness (QED) is 0.699. The standard InChI is InChI=1S/C18H19N5O3/c1-25-16-9-8-14(11-17(16)26-2)20-18(24)15(23-12-19-21-22-23)10-13-6-4-3-5-7-13/h3-9,11-12,15H,10H2,1-2H3,(H,20,24)/t15-/m0/s1. The zero-order valence-corrected chi connectivity index (χ0v) is 14.5. The molecule has 0 aliphatic heterocycles. The zero-order valence-electron chi connectivity index (χ0n) is 14.5. The maximum absolute atomic E-state index is 12.9. The van der Waals surface area contributed by atoms with Gasteiger partial charge in [0.05, 0.1) is 14.2 Å². The van der Waals surface area contributed by atoms with E-state index in [2.05, 4.69) is 20.8 Å². The molecule has 8 heteroatoms. The van der Waals surface area contributed by atoms with Crippen LogP contribution in [0.1, 0.15) is 11.6 Å². The molecule has 0 aliphatic rings. The third-order valence-electron chi connectivity index (χ3n) is 3.91. The number of benzene rings is 2. The van der Waals surface area contributed by atoms with Gasteiger partial charge in [-0.3, -0.25) is 4.79 Å². The van der Waals surface area contributed by atoms with Crippen LogP contribution in [-0.4, -0.2) is 40.3 Å². The van der Waals surface area contributed by atoms with E-state index in [4.69, 9.17) is 9.47 Å². The predicted molar refractivity (Wildman–Crippen MR) is 95.2 cm³/mol. The Morgan fingerprint density at radius 2 is 1.88 bits per heavy atom. The lowest BCUT2D eigenvalue weighted by Gasteiger charge is -2.17. The molecule has 2 aromatic carbocycles. The Morgan fingerprint density at radius 1 is 1.12 bits per heavy atom. The van der Waals surface area contributed by atoms with E-state index in [9.17, 15) is 4.79 Å². The van der Waals surface area contributed by atoms with Crippen LogP contribution in [0.4, 0.5) is 5.69 Å². The summed E-state index contributed by atoms with van der Waals surface area (Å²) in [7, 11) is 3.10. The van der Waals surface area contributed by atoms with Crippen LogP contribution in [-0.2, 0) is 11.2 Å². The molecule has 8 nitrogen and oxygen atoms in total.